The molecular formula is C18H19NO3S. The van der Waals surface area contributed by atoms with E-state index >= 15 is 0 Å². The Labute approximate surface area is 140 Å². The summed E-state index contributed by atoms with van der Waals surface area (Å²) >= 11 is 1.71. The lowest BCUT2D eigenvalue weighted by molar-refractivity contribution is 0.162. The van der Waals surface area contributed by atoms with E-state index in [0.717, 1.165) is 48.1 Å². The first-order valence-corrected chi connectivity index (χ1v) is 8.73. The highest BCUT2D eigenvalue weighted by atomic mass is 32.2. The number of benzene rings is 2. The van der Waals surface area contributed by atoms with Crippen molar-refractivity contribution >= 4 is 11.8 Å². The Hall–Kier alpha value is -1.85. The predicted molar refractivity (Wildman–Crippen MR) is 89.6 cm³/mol. The van der Waals surface area contributed by atoms with Crippen LogP contribution in [-0.2, 0) is 0 Å². The Morgan fingerprint density at radius 1 is 0.913 bits per heavy atom. The minimum absolute atomic E-state index is 0.312. The Morgan fingerprint density at radius 2 is 1.65 bits per heavy atom. The molecule has 0 amide bonds. The first kappa shape index (κ1) is 14.7. The number of ether oxygens (including phenoxy) is 3. The van der Waals surface area contributed by atoms with E-state index in [1.165, 1.54) is 4.90 Å². The summed E-state index contributed by atoms with van der Waals surface area (Å²) < 4.78 is 16.8. The van der Waals surface area contributed by atoms with Crippen LogP contribution in [0.4, 0.5) is 0 Å². The second-order valence-electron chi connectivity index (χ2n) is 5.66. The fraction of sp³-hybridized carbons (Fsp3) is 0.333. The van der Waals surface area contributed by atoms with Crippen molar-refractivity contribution in [3.8, 4) is 17.2 Å². The van der Waals surface area contributed by atoms with Crippen molar-refractivity contribution < 1.29 is 14.2 Å². The molecule has 2 aromatic carbocycles. The maximum Gasteiger partial charge on any atom is 0.231 e. The molecule has 4 rings (SSSR count). The maximum absolute atomic E-state index is 6.04. The fourth-order valence-electron chi connectivity index (χ4n) is 2.77. The van der Waals surface area contributed by atoms with Gasteiger partial charge in [-0.3, -0.25) is 0 Å². The second-order valence-corrected chi connectivity index (χ2v) is 6.80. The van der Waals surface area contributed by atoms with Crippen molar-refractivity contribution in [1.82, 2.24) is 5.32 Å². The van der Waals surface area contributed by atoms with Gasteiger partial charge in [-0.1, -0.05) is 11.8 Å². The second kappa shape index (κ2) is 6.72. The minimum Gasteiger partial charge on any atom is -0.490 e. The van der Waals surface area contributed by atoms with E-state index in [2.05, 4.69) is 35.6 Å². The van der Waals surface area contributed by atoms with Crippen LogP contribution in [-0.4, -0.2) is 26.0 Å². The van der Waals surface area contributed by atoms with Crippen molar-refractivity contribution in [2.75, 3.05) is 19.9 Å². The summed E-state index contributed by atoms with van der Waals surface area (Å²) in [7, 11) is 0. The molecule has 5 heteroatoms. The quantitative estimate of drug-likeness (QED) is 0.926. The van der Waals surface area contributed by atoms with Gasteiger partial charge in [0, 0.05) is 9.79 Å². The lowest BCUT2D eigenvalue weighted by Crippen LogP contribution is -2.34. The summed E-state index contributed by atoms with van der Waals surface area (Å²) in [5.41, 5.74) is 0. The zero-order valence-electron chi connectivity index (χ0n) is 12.8. The molecule has 0 unspecified atom stereocenters. The van der Waals surface area contributed by atoms with Crippen LogP contribution in [0.25, 0.3) is 0 Å². The molecule has 0 aromatic heterocycles. The number of hydrogen-bond donors (Lipinski definition) is 1. The molecule has 1 saturated heterocycles. The van der Waals surface area contributed by atoms with Crippen molar-refractivity contribution in [2.24, 2.45) is 0 Å². The van der Waals surface area contributed by atoms with Crippen molar-refractivity contribution in [3.63, 3.8) is 0 Å². The fourth-order valence-corrected chi connectivity index (χ4v) is 3.61. The monoisotopic (exact) mass is 329 g/mol. The summed E-state index contributed by atoms with van der Waals surface area (Å²) in [6.07, 6.45) is 2.49. The van der Waals surface area contributed by atoms with Crippen LogP contribution in [0.5, 0.6) is 17.2 Å². The summed E-state index contributed by atoms with van der Waals surface area (Å²) in [4.78, 5) is 2.32. The topological polar surface area (TPSA) is 39.7 Å². The van der Waals surface area contributed by atoms with Gasteiger partial charge in [0.1, 0.15) is 11.9 Å². The van der Waals surface area contributed by atoms with Gasteiger partial charge in [-0.15, -0.1) is 0 Å². The average Bonchev–Trinajstić information content (AvgIpc) is 3.05. The van der Waals surface area contributed by atoms with Gasteiger partial charge in [-0.2, -0.15) is 0 Å². The van der Waals surface area contributed by atoms with E-state index in [0.29, 0.717) is 12.9 Å². The SMILES string of the molecule is c1cc(Sc2ccc3c(c2)OCO3)ccc1OC1CCNCC1. The van der Waals surface area contributed by atoms with Crippen molar-refractivity contribution in [1.29, 1.82) is 0 Å². The minimum atomic E-state index is 0.312. The number of hydrogen-bond acceptors (Lipinski definition) is 5. The zero-order chi connectivity index (χ0) is 15.5. The van der Waals surface area contributed by atoms with E-state index in [9.17, 15) is 0 Å². The summed E-state index contributed by atoms with van der Waals surface area (Å²) in [5.74, 6) is 2.59. The molecular weight excluding hydrogens is 310 g/mol. The van der Waals surface area contributed by atoms with E-state index < -0.39 is 0 Å². The normalized spacial score (nSPS) is 17.2. The molecule has 0 spiro atoms. The van der Waals surface area contributed by atoms with Gasteiger partial charge in [-0.25, -0.2) is 0 Å². The van der Waals surface area contributed by atoms with Crippen LogP contribution in [0.1, 0.15) is 12.8 Å². The Bertz CT molecular complexity index is 668. The van der Waals surface area contributed by atoms with E-state index in [1.807, 2.05) is 12.1 Å². The highest BCUT2D eigenvalue weighted by Gasteiger charge is 2.15. The third kappa shape index (κ3) is 3.57. The molecule has 4 nitrogen and oxygen atoms in total. The van der Waals surface area contributed by atoms with Gasteiger partial charge >= 0.3 is 0 Å². The van der Waals surface area contributed by atoms with Gasteiger partial charge in [0.15, 0.2) is 11.5 Å². The summed E-state index contributed by atoms with van der Waals surface area (Å²) in [6.45, 7) is 2.40. The molecule has 0 radical (unpaired) electrons. The van der Waals surface area contributed by atoms with Gasteiger partial charge in [0.2, 0.25) is 6.79 Å². The van der Waals surface area contributed by atoms with Gasteiger partial charge < -0.3 is 19.5 Å². The van der Waals surface area contributed by atoms with Crippen LogP contribution in [0, 0.1) is 0 Å². The Balaban J connectivity index is 1.39. The molecule has 2 aliphatic rings. The van der Waals surface area contributed by atoms with Crippen LogP contribution >= 0.6 is 11.8 Å². The molecule has 1 N–H and O–H groups in total. The Kier molecular flexibility index (Phi) is 4.30. The van der Waals surface area contributed by atoms with Crippen molar-refractivity contribution in [3.05, 3.63) is 42.5 Å². The summed E-state index contributed by atoms with van der Waals surface area (Å²) in [6, 6.07) is 14.3. The largest absolute Gasteiger partial charge is 0.490 e. The first-order valence-electron chi connectivity index (χ1n) is 7.92. The van der Waals surface area contributed by atoms with Gasteiger partial charge in [0.05, 0.1) is 0 Å². The van der Waals surface area contributed by atoms with Crippen LogP contribution in [0.15, 0.2) is 52.3 Å². The lowest BCUT2D eigenvalue weighted by atomic mass is 10.1. The van der Waals surface area contributed by atoms with E-state index in [-0.39, 0.29) is 0 Å². The van der Waals surface area contributed by atoms with Crippen LogP contribution < -0.4 is 19.5 Å². The average molecular weight is 329 g/mol. The summed E-state index contributed by atoms with van der Waals surface area (Å²) in [5, 5.41) is 3.35. The number of fused-ring (bicyclic) bond motifs is 1. The number of rotatable bonds is 4. The van der Waals surface area contributed by atoms with Crippen molar-refractivity contribution in [2.45, 2.75) is 28.7 Å². The molecule has 2 aliphatic heterocycles. The standard InChI is InChI=1S/C18H19NO3S/c1-3-15(4-2-13(1)22-14-7-9-19-10-8-14)23-16-5-6-17-18(11-16)21-12-20-17/h1-6,11,14,19H,7-10,12H2. The van der Waals surface area contributed by atoms with Crippen LogP contribution in [0.2, 0.25) is 0 Å². The lowest BCUT2D eigenvalue weighted by Gasteiger charge is -2.23. The molecule has 0 aliphatic carbocycles. The highest BCUT2D eigenvalue weighted by Crippen LogP contribution is 2.38. The molecule has 0 bridgehead atoms. The van der Waals surface area contributed by atoms with E-state index in [1.54, 1.807) is 11.8 Å². The molecule has 2 heterocycles. The number of nitrogens with one attached hydrogen (secondary N) is 1. The smallest absolute Gasteiger partial charge is 0.231 e. The van der Waals surface area contributed by atoms with Crippen LogP contribution in [0.3, 0.4) is 0 Å². The Morgan fingerprint density at radius 3 is 2.48 bits per heavy atom. The highest BCUT2D eigenvalue weighted by molar-refractivity contribution is 7.99. The molecule has 23 heavy (non-hydrogen) atoms. The third-order valence-corrected chi connectivity index (χ3v) is 4.99. The third-order valence-electron chi connectivity index (χ3n) is 3.99. The predicted octanol–water partition coefficient (Wildman–Crippen LogP) is 3.70. The maximum atomic E-state index is 6.04. The molecule has 120 valence electrons. The number of piperidine rings is 1. The molecule has 2 aromatic rings. The van der Waals surface area contributed by atoms with Gasteiger partial charge in [-0.05, 0) is 68.4 Å². The molecule has 0 atom stereocenters. The van der Waals surface area contributed by atoms with Gasteiger partial charge in [0.25, 0.3) is 0 Å². The molecule has 0 saturated carbocycles. The van der Waals surface area contributed by atoms with E-state index in [4.69, 9.17) is 14.2 Å². The molecule has 1 fully saturated rings. The first-order chi connectivity index (χ1) is 11.4. The zero-order valence-corrected chi connectivity index (χ0v) is 13.6.